The number of methoxy groups -OCH3 is 2. The quantitative estimate of drug-likeness (QED) is 0.625. The molecule has 0 saturated heterocycles. The van der Waals surface area contributed by atoms with Gasteiger partial charge in [0.15, 0.2) is 5.78 Å². The Morgan fingerprint density at radius 1 is 1.13 bits per heavy atom. The van der Waals surface area contributed by atoms with Crippen LogP contribution < -0.4 is 16.0 Å². The number of nitrogens with one attached hydrogen (secondary N) is 1. The Kier molecular flexibility index (Phi) is 5.50. The van der Waals surface area contributed by atoms with Gasteiger partial charge in [-0.1, -0.05) is 12.1 Å². The number of hydrogen-bond acceptors (Lipinski definition) is 6. The van der Waals surface area contributed by atoms with Crippen LogP contribution in [-0.4, -0.2) is 41.1 Å². The van der Waals surface area contributed by atoms with Crippen LogP contribution in [-0.2, 0) is 17.7 Å². The Labute approximate surface area is 172 Å². The van der Waals surface area contributed by atoms with Crippen LogP contribution in [0.15, 0.2) is 40.1 Å². The van der Waals surface area contributed by atoms with Crippen molar-refractivity contribution in [2.75, 3.05) is 20.8 Å². The van der Waals surface area contributed by atoms with Gasteiger partial charge in [-0.25, -0.2) is 9.78 Å². The summed E-state index contributed by atoms with van der Waals surface area (Å²) < 4.78 is 11.7. The highest BCUT2D eigenvalue weighted by atomic mass is 16.5. The van der Waals surface area contributed by atoms with Crippen LogP contribution >= 0.6 is 0 Å². The number of aromatic nitrogens is 3. The topological polar surface area (TPSA) is 103 Å². The van der Waals surface area contributed by atoms with Crippen LogP contribution in [0.5, 0.6) is 5.75 Å². The molecule has 2 heterocycles. The van der Waals surface area contributed by atoms with Gasteiger partial charge in [-0.15, -0.1) is 0 Å². The standard InChI is InChI=1S/C22H23N3O5/c1-29-9-3-8-25-20-19(21(27)24-22(25)28)16-10-14(11-18(26)17(16)12-23-20)13-4-6-15(30-2)7-5-13/h4-7,12,14H,3,8-11H2,1-2H3,(H,24,27,28)/t14-/m1/s1. The van der Waals surface area contributed by atoms with E-state index in [0.29, 0.717) is 54.6 Å². The third-order valence-corrected chi connectivity index (χ3v) is 5.61. The molecule has 156 valence electrons. The van der Waals surface area contributed by atoms with Gasteiger partial charge in [-0.3, -0.25) is 19.1 Å². The molecule has 8 nitrogen and oxygen atoms in total. The molecular formula is C22H23N3O5. The van der Waals surface area contributed by atoms with E-state index >= 15 is 0 Å². The fourth-order valence-electron chi connectivity index (χ4n) is 4.10. The van der Waals surface area contributed by atoms with E-state index in [-0.39, 0.29) is 11.7 Å². The molecule has 8 heteroatoms. The van der Waals surface area contributed by atoms with Gasteiger partial charge in [-0.2, -0.15) is 0 Å². The Morgan fingerprint density at radius 2 is 1.90 bits per heavy atom. The summed E-state index contributed by atoms with van der Waals surface area (Å²) in [7, 11) is 3.19. The van der Waals surface area contributed by atoms with E-state index < -0.39 is 11.2 Å². The zero-order valence-corrected chi connectivity index (χ0v) is 16.9. The maximum absolute atomic E-state index is 12.8. The number of carbonyl (C=O) groups excluding carboxylic acids is 1. The van der Waals surface area contributed by atoms with Crippen LogP contribution in [0.2, 0.25) is 0 Å². The van der Waals surface area contributed by atoms with Crippen molar-refractivity contribution in [1.82, 2.24) is 14.5 Å². The number of ketones is 1. The summed E-state index contributed by atoms with van der Waals surface area (Å²) in [5.41, 5.74) is 1.40. The van der Waals surface area contributed by atoms with E-state index in [9.17, 15) is 14.4 Å². The van der Waals surface area contributed by atoms with Gasteiger partial charge in [0.05, 0.1) is 12.5 Å². The number of carbonyl (C=O) groups is 1. The van der Waals surface area contributed by atoms with Crippen LogP contribution in [0.1, 0.15) is 40.2 Å². The minimum atomic E-state index is -0.509. The summed E-state index contributed by atoms with van der Waals surface area (Å²) in [5, 5.41) is 0.316. The summed E-state index contributed by atoms with van der Waals surface area (Å²) >= 11 is 0. The largest absolute Gasteiger partial charge is 0.497 e. The Balaban J connectivity index is 1.82. The molecule has 0 fully saturated rings. The Hall–Kier alpha value is -3.26. The first-order valence-corrected chi connectivity index (χ1v) is 9.84. The summed E-state index contributed by atoms with van der Waals surface area (Å²) in [4.78, 5) is 44.7. The molecule has 0 saturated carbocycles. The fraction of sp³-hybridized carbons (Fsp3) is 0.364. The molecule has 1 aliphatic rings. The summed E-state index contributed by atoms with van der Waals surface area (Å²) in [6, 6.07) is 7.60. The van der Waals surface area contributed by atoms with Gasteiger partial charge in [0, 0.05) is 38.4 Å². The highest BCUT2D eigenvalue weighted by Gasteiger charge is 2.30. The highest BCUT2D eigenvalue weighted by Crippen LogP contribution is 2.35. The van der Waals surface area contributed by atoms with Crippen LogP contribution in [0.3, 0.4) is 0 Å². The van der Waals surface area contributed by atoms with Crippen LogP contribution in [0.25, 0.3) is 11.0 Å². The molecule has 30 heavy (non-hydrogen) atoms. The number of H-pyrrole nitrogens is 1. The maximum atomic E-state index is 12.8. The van der Waals surface area contributed by atoms with Gasteiger partial charge in [-0.05, 0) is 42.0 Å². The molecule has 0 bridgehead atoms. The SMILES string of the molecule is COCCCn1c(=O)[nH]c(=O)c2c3c(cnc21)C(=O)C[C@H](c1ccc(OC)cc1)C3. The zero-order chi connectivity index (χ0) is 21.3. The van der Waals surface area contributed by atoms with Crippen LogP contribution in [0.4, 0.5) is 0 Å². The number of Topliss-reactive ketones (excluding diaryl/α,β-unsaturated/α-hetero) is 1. The predicted molar refractivity (Wildman–Crippen MR) is 112 cm³/mol. The summed E-state index contributed by atoms with van der Waals surface area (Å²) in [5.74, 6) is 0.630. The van der Waals surface area contributed by atoms with E-state index in [0.717, 1.165) is 11.3 Å². The van der Waals surface area contributed by atoms with Crippen LogP contribution in [0, 0.1) is 0 Å². The van der Waals surface area contributed by atoms with Gasteiger partial charge in [0.2, 0.25) is 0 Å². The molecule has 1 N–H and O–H groups in total. The van der Waals surface area contributed by atoms with Gasteiger partial charge in [0.25, 0.3) is 5.56 Å². The third-order valence-electron chi connectivity index (χ3n) is 5.61. The monoisotopic (exact) mass is 409 g/mol. The second kappa shape index (κ2) is 8.23. The minimum absolute atomic E-state index is 0.0528. The molecule has 0 aliphatic heterocycles. The number of hydrogen-bond donors (Lipinski definition) is 1. The van der Waals surface area contributed by atoms with Gasteiger partial charge in [0.1, 0.15) is 11.4 Å². The second-order valence-electron chi connectivity index (χ2n) is 7.41. The van der Waals surface area contributed by atoms with E-state index in [4.69, 9.17) is 9.47 Å². The lowest BCUT2D eigenvalue weighted by atomic mass is 9.79. The molecule has 0 radical (unpaired) electrons. The van der Waals surface area contributed by atoms with Crippen molar-refractivity contribution in [3.05, 3.63) is 68.0 Å². The first-order chi connectivity index (χ1) is 14.5. The molecule has 0 amide bonds. The number of rotatable bonds is 6. The molecular weight excluding hydrogens is 386 g/mol. The number of benzene rings is 1. The number of fused-ring (bicyclic) bond motifs is 3. The van der Waals surface area contributed by atoms with Crippen molar-refractivity contribution in [3.8, 4) is 5.75 Å². The molecule has 0 unspecified atom stereocenters. The van der Waals surface area contributed by atoms with E-state index in [2.05, 4.69) is 9.97 Å². The predicted octanol–water partition coefficient (Wildman–Crippen LogP) is 2.04. The van der Waals surface area contributed by atoms with Crippen molar-refractivity contribution in [2.45, 2.75) is 31.7 Å². The maximum Gasteiger partial charge on any atom is 0.329 e. The first kappa shape index (κ1) is 20.0. The number of ether oxygens (including phenoxy) is 2. The summed E-state index contributed by atoms with van der Waals surface area (Å²) in [6.45, 7) is 0.845. The van der Waals surface area contributed by atoms with E-state index in [1.807, 2.05) is 24.3 Å². The van der Waals surface area contributed by atoms with Crippen molar-refractivity contribution in [2.24, 2.45) is 0 Å². The Morgan fingerprint density at radius 3 is 2.60 bits per heavy atom. The first-order valence-electron chi connectivity index (χ1n) is 9.84. The molecule has 1 atom stereocenters. The van der Waals surface area contributed by atoms with Crippen molar-refractivity contribution < 1.29 is 14.3 Å². The number of aryl methyl sites for hydroxylation is 1. The molecule has 1 aliphatic carbocycles. The second-order valence-corrected chi connectivity index (χ2v) is 7.41. The molecule has 2 aromatic heterocycles. The average molecular weight is 409 g/mol. The van der Waals surface area contributed by atoms with Crippen molar-refractivity contribution >= 4 is 16.8 Å². The third kappa shape index (κ3) is 3.54. The highest BCUT2D eigenvalue weighted by molar-refractivity contribution is 6.02. The number of aromatic amines is 1. The lowest BCUT2D eigenvalue weighted by molar-refractivity contribution is 0.0964. The van der Waals surface area contributed by atoms with E-state index in [1.54, 1.807) is 14.2 Å². The average Bonchev–Trinajstić information content (AvgIpc) is 2.75. The van der Waals surface area contributed by atoms with Crippen molar-refractivity contribution in [1.29, 1.82) is 0 Å². The molecule has 0 spiro atoms. The molecule has 3 aromatic rings. The molecule has 1 aromatic carbocycles. The fourth-order valence-corrected chi connectivity index (χ4v) is 4.10. The van der Waals surface area contributed by atoms with Gasteiger partial charge >= 0.3 is 5.69 Å². The van der Waals surface area contributed by atoms with Gasteiger partial charge < -0.3 is 9.47 Å². The normalized spacial score (nSPS) is 15.9. The lowest BCUT2D eigenvalue weighted by Crippen LogP contribution is -2.33. The minimum Gasteiger partial charge on any atom is -0.497 e. The van der Waals surface area contributed by atoms with Crippen molar-refractivity contribution in [3.63, 3.8) is 0 Å². The zero-order valence-electron chi connectivity index (χ0n) is 16.9. The number of nitrogens with zero attached hydrogens (tertiary/aromatic N) is 2. The lowest BCUT2D eigenvalue weighted by Gasteiger charge is -2.25. The smallest absolute Gasteiger partial charge is 0.329 e. The Bertz CT molecular complexity index is 1210. The summed E-state index contributed by atoms with van der Waals surface area (Å²) in [6.07, 6.45) is 2.96. The number of pyridine rings is 1. The molecule has 4 rings (SSSR count). The van der Waals surface area contributed by atoms with E-state index in [1.165, 1.54) is 10.8 Å².